The van der Waals surface area contributed by atoms with Crippen molar-refractivity contribution in [2.45, 2.75) is 26.8 Å². The Hall–Kier alpha value is -1.78. The summed E-state index contributed by atoms with van der Waals surface area (Å²) in [5.41, 5.74) is 4.35. The van der Waals surface area contributed by atoms with Crippen LogP contribution in [0.2, 0.25) is 0 Å². The average Bonchev–Trinajstić information content (AvgIpc) is 2.96. The molecule has 0 amide bonds. The number of para-hydroxylation sites is 1. The monoisotopic (exact) mass is 297 g/mol. The highest BCUT2D eigenvalue weighted by Gasteiger charge is 2.08. The highest BCUT2D eigenvalue weighted by molar-refractivity contribution is 7.13. The van der Waals surface area contributed by atoms with Crippen LogP contribution in [-0.4, -0.2) is 16.5 Å². The summed E-state index contributed by atoms with van der Waals surface area (Å²) < 4.78 is 0. The normalized spacial score (nSPS) is 11.1. The second-order valence-electron chi connectivity index (χ2n) is 5.16. The zero-order valence-corrected chi connectivity index (χ0v) is 13.2. The van der Waals surface area contributed by atoms with Crippen molar-refractivity contribution in [1.82, 2.24) is 15.3 Å². The Kier molecular flexibility index (Phi) is 4.27. The number of nitrogens with zero attached hydrogens (tertiary/aromatic N) is 2. The fraction of sp³-hybridized carbons (Fsp3) is 0.294. The van der Waals surface area contributed by atoms with Gasteiger partial charge in [0.1, 0.15) is 5.01 Å². The third-order valence-electron chi connectivity index (χ3n) is 3.43. The van der Waals surface area contributed by atoms with E-state index in [9.17, 15) is 0 Å². The van der Waals surface area contributed by atoms with Crippen LogP contribution in [0.15, 0.2) is 35.7 Å². The Bertz CT molecular complexity index is 749. The first-order valence-corrected chi connectivity index (χ1v) is 8.18. The number of benzene rings is 1. The molecule has 3 rings (SSSR count). The van der Waals surface area contributed by atoms with Gasteiger partial charge < -0.3 is 5.32 Å². The van der Waals surface area contributed by atoms with Crippen LogP contribution in [0.25, 0.3) is 21.6 Å². The molecule has 0 aliphatic rings. The molecule has 0 fully saturated rings. The molecular weight excluding hydrogens is 278 g/mol. The minimum atomic E-state index is 0.830. The number of fused-ring (bicyclic) bond motifs is 1. The molecule has 21 heavy (non-hydrogen) atoms. The molecule has 2 aromatic heterocycles. The number of hydrogen-bond acceptors (Lipinski definition) is 4. The van der Waals surface area contributed by atoms with E-state index in [1.807, 2.05) is 6.07 Å². The van der Waals surface area contributed by atoms with Crippen LogP contribution in [0.4, 0.5) is 0 Å². The van der Waals surface area contributed by atoms with Gasteiger partial charge in [-0.3, -0.25) is 0 Å². The van der Waals surface area contributed by atoms with Crippen molar-refractivity contribution in [2.75, 3.05) is 6.54 Å². The standard InChI is InChI=1S/C17H19N3S/c1-3-8-18-10-13-11-21-17(19-13)16-9-12(2)14-6-4-5-7-15(14)20-16/h4-7,9,11,18H,3,8,10H2,1-2H3. The first kappa shape index (κ1) is 14.2. The van der Waals surface area contributed by atoms with Crippen LogP contribution >= 0.6 is 11.3 Å². The number of aryl methyl sites for hydroxylation is 1. The third-order valence-corrected chi connectivity index (χ3v) is 4.34. The Labute approximate surface area is 129 Å². The summed E-state index contributed by atoms with van der Waals surface area (Å²) in [5.74, 6) is 0. The molecule has 0 saturated carbocycles. The number of rotatable bonds is 5. The molecule has 3 aromatic rings. The maximum Gasteiger partial charge on any atom is 0.142 e. The van der Waals surface area contributed by atoms with Crippen molar-refractivity contribution in [3.8, 4) is 10.7 Å². The second kappa shape index (κ2) is 6.33. The van der Waals surface area contributed by atoms with E-state index in [1.165, 1.54) is 10.9 Å². The molecule has 4 heteroatoms. The highest BCUT2D eigenvalue weighted by Crippen LogP contribution is 2.26. The summed E-state index contributed by atoms with van der Waals surface area (Å²) in [6, 6.07) is 10.4. The number of hydrogen-bond donors (Lipinski definition) is 1. The van der Waals surface area contributed by atoms with Gasteiger partial charge in [0.05, 0.1) is 16.9 Å². The number of aromatic nitrogens is 2. The topological polar surface area (TPSA) is 37.8 Å². The quantitative estimate of drug-likeness (QED) is 0.718. The first-order chi connectivity index (χ1) is 10.3. The number of thiazole rings is 1. The van der Waals surface area contributed by atoms with Crippen molar-refractivity contribution in [1.29, 1.82) is 0 Å². The molecule has 108 valence electrons. The van der Waals surface area contributed by atoms with Gasteiger partial charge in [-0.15, -0.1) is 11.3 Å². The van der Waals surface area contributed by atoms with E-state index >= 15 is 0 Å². The smallest absolute Gasteiger partial charge is 0.142 e. The summed E-state index contributed by atoms with van der Waals surface area (Å²) in [7, 11) is 0. The molecule has 2 heterocycles. The van der Waals surface area contributed by atoms with Crippen molar-refractivity contribution in [3.63, 3.8) is 0 Å². The van der Waals surface area contributed by atoms with Crippen LogP contribution in [-0.2, 0) is 6.54 Å². The van der Waals surface area contributed by atoms with Gasteiger partial charge in [-0.25, -0.2) is 9.97 Å². The summed E-state index contributed by atoms with van der Waals surface area (Å²) in [6.07, 6.45) is 1.14. The maximum atomic E-state index is 4.74. The van der Waals surface area contributed by atoms with Gasteiger partial charge in [0.15, 0.2) is 0 Å². The van der Waals surface area contributed by atoms with Gasteiger partial charge in [-0.05, 0) is 37.6 Å². The Morgan fingerprint density at radius 2 is 2.05 bits per heavy atom. The molecule has 3 nitrogen and oxygen atoms in total. The van der Waals surface area contributed by atoms with Crippen molar-refractivity contribution in [3.05, 3.63) is 47.0 Å². The molecule has 0 aliphatic carbocycles. The van der Waals surface area contributed by atoms with E-state index in [1.54, 1.807) is 11.3 Å². The Balaban J connectivity index is 1.90. The summed E-state index contributed by atoms with van der Waals surface area (Å²) >= 11 is 1.66. The molecule has 1 aromatic carbocycles. The summed E-state index contributed by atoms with van der Waals surface area (Å²) in [6.45, 7) is 6.16. The molecule has 0 aliphatic heterocycles. The van der Waals surface area contributed by atoms with E-state index in [2.05, 4.69) is 48.8 Å². The van der Waals surface area contributed by atoms with Crippen LogP contribution in [0, 0.1) is 6.92 Å². The van der Waals surface area contributed by atoms with Gasteiger partial charge in [0, 0.05) is 17.3 Å². The molecule has 0 saturated heterocycles. The van der Waals surface area contributed by atoms with E-state index in [4.69, 9.17) is 9.97 Å². The van der Waals surface area contributed by atoms with Gasteiger partial charge in [-0.1, -0.05) is 25.1 Å². The van der Waals surface area contributed by atoms with E-state index < -0.39 is 0 Å². The lowest BCUT2D eigenvalue weighted by Gasteiger charge is -2.04. The molecule has 0 unspecified atom stereocenters. The summed E-state index contributed by atoms with van der Waals surface area (Å²) in [4.78, 5) is 9.44. The lowest BCUT2D eigenvalue weighted by atomic mass is 10.1. The molecule has 0 radical (unpaired) electrons. The second-order valence-corrected chi connectivity index (χ2v) is 6.02. The first-order valence-electron chi connectivity index (χ1n) is 7.30. The lowest BCUT2D eigenvalue weighted by molar-refractivity contribution is 0.667. The lowest BCUT2D eigenvalue weighted by Crippen LogP contribution is -2.13. The van der Waals surface area contributed by atoms with Crippen LogP contribution < -0.4 is 5.32 Å². The third kappa shape index (κ3) is 3.12. The Morgan fingerprint density at radius 3 is 2.90 bits per heavy atom. The van der Waals surface area contributed by atoms with E-state index in [-0.39, 0.29) is 0 Å². The number of pyridine rings is 1. The minimum absolute atomic E-state index is 0.830. The predicted molar refractivity (Wildman–Crippen MR) is 89.6 cm³/mol. The van der Waals surface area contributed by atoms with E-state index in [0.29, 0.717) is 0 Å². The van der Waals surface area contributed by atoms with Crippen LogP contribution in [0.3, 0.4) is 0 Å². The SMILES string of the molecule is CCCNCc1csc(-c2cc(C)c3ccccc3n2)n1. The fourth-order valence-corrected chi connectivity index (χ4v) is 3.14. The minimum Gasteiger partial charge on any atom is -0.311 e. The van der Waals surface area contributed by atoms with Crippen molar-refractivity contribution < 1.29 is 0 Å². The molecule has 1 N–H and O–H groups in total. The molecule has 0 spiro atoms. The maximum absolute atomic E-state index is 4.74. The predicted octanol–water partition coefficient (Wildman–Crippen LogP) is 4.17. The van der Waals surface area contributed by atoms with Gasteiger partial charge in [-0.2, -0.15) is 0 Å². The summed E-state index contributed by atoms with van der Waals surface area (Å²) in [5, 5.41) is 7.70. The molecule has 0 atom stereocenters. The molecular formula is C17H19N3S. The van der Waals surface area contributed by atoms with Crippen LogP contribution in [0.5, 0.6) is 0 Å². The van der Waals surface area contributed by atoms with Gasteiger partial charge in [0.2, 0.25) is 0 Å². The van der Waals surface area contributed by atoms with Gasteiger partial charge in [0.25, 0.3) is 0 Å². The van der Waals surface area contributed by atoms with E-state index in [0.717, 1.165) is 41.4 Å². The number of nitrogens with one attached hydrogen (secondary N) is 1. The zero-order valence-electron chi connectivity index (χ0n) is 12.4. The van der Waals surface area contributed by atoms with Crippen molar-refractivity contribution >= 4 is 22.2 Å². The molecule has 0 bridgehead atoms. The Morgan fingerprint density at radius 1 is 1.19 bits per heavy atom. The van der Waals surface area contributed by atoms with Crippen molar-refractivity contribution in [2.24, 2.45) is 0 Å². The largest absolute Gasteiger partial charge is 0.311 e. The van der Waals surface area contributed by atoms with Gasteiger partial charge >= 0.3 is 0 Å². The highest BCUT2D eigenvalue weighted by atomic mass is 32.1. The zero-order chi connectivity index (χ0) is 14.7. The van der Waals surface area contributed by atoms with Crippen LogP contribution in [0.1, 0.15) is 24.6 Å². The fourth-order valence-electron chi connectivity index (χ4n) is 2.36. The average molecular weight is 297 g/mol.